The van der Waals surface area contributed by atoms with Gasteiger partial charge in [-0.1, -0.05) is 6.92 Å². The van der Waals surface area contributed by atoms with Crippen molar-refractivity contribution in [2.75, 3.05) is 6.66 Å². The molecule has 0 amide bonds. The van der Waals surface area contributed by atoms with Gasteiger partial charge in [0.15, 0.2) is 7.57 Å². The Kier molecular flexibility index (Phi) is 2.97. The highest BCUT2D eigenvalue weighted by Crippen LogP contribution is 2.61. The van der Waals surface area contributed by atoms with E-state index in [1.54, 1.807) is 6.66 Å². The second-order valence-corrected chi connectivity index (χ2v) is 6.97. The minimum atomic E-state index is -1.25. The average molecular weight is 280 g/mol. The van der Waals surface area contributed by atoms with Gasteiger partial charge in [0.1, 0.15) is 0 Å². The minimum absolute atomic E-state index is 0.0344. The summed E-state index contributed by atoms with van der Waals surface area (Å²) in [7, 11) is 4.29. The third-order valence-electron chi connectivity index (χ3n) is 4.81. The van der Waals surface area contributed by atoms with Gasteiger partial charge in [0.25, 0.3) is 0 Å². The van der Waals surface area contributed by atoms with E-state index in [1.165, 1.54) is 0 Å². The molecule has 3 aliphatic rings. The van der Waals surface area contributed by atoms with E-state index in [0.717, 1.165) is 6.42 Å². The molecule has 100 valence electrons. The van der Waals surface area contributed by atoms with Gasteiger partial charge in [0.2, 0.25) is 0 Å². The van der Waals surface area contributed by atoms with Crippen molar-refractivity contribution >= 4 is 33.5 Å². The van der Waals surface area contributed by atoms with Crippen molar-refractivity contribution in [3.63, 3.8) is 0 Å². The topological polar surface area (TPSA) is 69.7 Å². The largest absolute Gasteiger partial charge is 0.457 e. The van der Waals surface area contributed by atoms with E-state index in [4.69, 9.17) is 16.8 Å². The van der Waals surface area contributed by atoms with Crippen LogP contribution in [0.1, 0.15) is 13.3 Å². The minimum Gasteiger partial charge on any atom is -0.457 e. The molecule has 0 spiro atoms. The summed E-state index contributed by atoms with van der Waals surface area (Å²) in [5, 5.41) is 0. The smallest absolute Gasteiger partial charge is 0.317 e. The van der Waals surface area contributed by atoms with Crippen LogP contribution in [0, 0.1) is 35.5 Å². The van der Waals surface area contributed by atoms with Gasteiger partial charge in [-0.2, -0.15) is 0 Å². The molecule has 2 aliphatic carbocycles. The monoisotopic (exact) mass is 280 g/mol. The second-order valence-electron chi connectivity index (χ2n) is 5.70. The Balaban J connectivity index is 1.86. The zero-order valence-electron chi connectivity index (χ0n) is 10.7. The molecule has 3 rings (SSSR count). The molecular weight excluding hydrogens is 266 g/mol. The van der Waals surface area contributed by atoms with E-state index in [1.807, 2.05) is 6.92 Å². The molecule has 1 saturated heterocycles. The molecule has 1 aliphatic heterocycles. The van der Waals surface area contributed by atoms with Crippen LogP contribution in [0.2, 0.25) is 0 Å². The first-order chi connectivity index (χ1) is 8.91. The fourth-order valence-corrected chi connectivity index (χ4v) is 4.58. The van der Waals surface area contributed by atoms with Gasteiger partial charge in [-0.3, -0.25) is 14.4 Å². The van der Waals surface area contributed by atoms with E-state index in [2.05, 4.69) is 0 Å². The highest BCUT2D eigenvalue weighted by atomic mass is 31.1. The van der Waals surface area contributed by atoms with Crippen LogP contribution in [0.4, 0.5) is 0 Å². The Morgan fingerprint density at radius 3 is 2.47 bits per heavy atom. The summed E-state index contributed by atoms with van der Waals surface area (Å²) in [5.74, 6) is -2.41. The Bertz CT molecular complexity index is 465. The molecule has 0 aromatic heterocycles. The van der Waals surface area contributed by atoms with Crippen molar-refractivity contribution in [1.82, 2.24) is 0 Å². The Labute approximate surface area is 113 Å². The van der Waals surface area contributed by atoms with Crippen molar-refractivity contribution in [3.05, 3.63) is 0 Å². The lowest BCUT2D eigenvalue weighted by Crippen LogP contribution is -2.39. The van der Waals surface area contributed by atoms with E-state index >= 15 is 0 Å². The molecule has 3 fully saturated rings. The first-order valence-corrected chi connectivity index (χ1v) is 8.15. The number of rotatable bonds is 2. The summed E-state index contributed by atoms with van der Waals surface area (Å²) in [6.07, 6.45) is 0.726. The maximum Gasteiger partial charge on any atom is 0.317 e. The summed E-state index contributed by atoms with van der Waals surface area (Å²) in [6, 6.07) is 0. The van der Waals surface area contributed by atoms with Crippen LogP contribution in [0.25, 0.3) is 0 Å². The molecule has 7 heteroatoms. The number of carbonyl (C=O) groups is 3. The average Bonchev–Trinajstić information content (AvgIpc) is 2.89. The molecule has 2 radical (unpaired) electrons. The maximum atomic E-state index is 12.1. The van der Waals surface area contributed by atoms with Gasteiger partial charge in [-0.15, -0.1) is 0 Å². The van der Waals surface area contributed by atoms with Crippen molar-refractivity contribution in [3.8, 4) is 0 Å². The normalized spacial score (nSPS) is 44.9. The molecule has 0 aromatic carbocycles. The molecule has 5 nitrogen and oxygen atoms in total. The summed E-state index contributed by atoms with van der Waals surface area (Å²) < 4.78 is 9.85. The number of ether oxygens (including phenoxy) is 1. The van der Waals surface area contributed by atoms with Crippen molar-refractivity contribution in [1.29, 1.82) is 0 Å². The fourth-order valence-electron chi connectivity index (χ4n) is 4.18. The molecule has 3 unspecified atom stereocenters. The number of esters is 2. The fraction of sp³-hybridized carbons (Fsp3) is 0.750. The highest BCUT2D eigenvalue weighted by molar-refractivity contribution is 7.77. The summed E-state index contributed by atoms with van der Waals surface area (Å²) in [4.78, 5) is 35.5. The van der Waals surface area contributed by atoms with Crippen LogP contribution in [-0.4, -0.2) is 32.1 Å². The van der Waals surface area contributed by atoms with Crippen LogP contribution in [0.5, 0.6) is 0 Å². The lowest BCUT2D eigenvalue weighted by Gasteiger charge is -2.31. The molecule has 2 bridgehead atoms. The van der Waals surface area contributed by atoms with E-state index < -0.39 is 25.9 Å². The van der Waals surface area contributed by atoms with E-state index in [9.17, 15) is 14.4 Å². The van der Waals surface area contributed by atoms with Crippen molar-refractivity contribution in [2.24, 2.45) is 35.5 Å². The molecule has 0 N–H and O–H groups in total. The maximum absolute atomic E-state index is 12.1. The zero-order valence-corrected chi connectivity index (χ0v) is 11.6. The van der Waals surface area contributed by atoms with Crippen LogP contribution >= 0.6 is 8.03 Å². The SMILES string of the molecule is [B]P(C)OC(=O)[C@H]1C2CC([C@H]1C)[C@H]1C(=O)OC(=O)[C@@H]21. The first kappa shape index (κ1) is 13.1. The van der Waals surface area contributed by atoms with Gasteiger partial charge < -0.3 is 9.26 Å². The second kappa shape index (κ2) is 4.30. The molecular formula is C12H14BO5P. The van der Waals surface area contributed by atoms with Crippen LogP contribution in [-0.2, 0) is 23.6 Å². The third-order valence-corrected chi connectivity index (χ3v) is 5.28. The quantitative estimate of drug-likeness (QED) is 0.325. The van der Waals surface area contributed by atoms with E-state index in [0.29, 0.717) is 0 Å². The predicted octanol–water partition coefficient (Wildman–Crippen LogP) is 0.858. The number of hydrogen-bond acceptors (Lipinski definition) is 5. The number of cyclic esters (lactones) is 2. The van der Waals surface area contributed by atoms with Gasteiger partial charge >= 0.3 is 17.9 Å². The zero-order chi connectivity index (χ0) is 13.9. The Hall–Kier alpha value is -0.895. The molecule has 7 atom stereocenters. The molecule has 2 saturated carbocycles. The van der Waals surface area contributed by atoms with Gasteiger partial charge in [-0.05, 0) is 30.8 Å². The van der Waals surface area contributed by atoms with E-state index in [-0.39, 0.29) is 35.6 Å². The first-order valence-electron chi connectivity index (χ1n) is 6.37. The number of hydrogen-bond donors (Lipinski definition) is 0. The standard InChI is InChI=1S/C12H14BO5P/c1-4-5-3-6(7(4)12(16)18-19(2)13)9-8(5)10(14)17-11(9)15/h4-9H,3H2,1-2H3/t4-,5?,6?,7-,8-,9+,19?/m1/s1. The lowest BCUT2D eigenvalue weighted by molar-refractivity contribution is -0.154. The number of carbonyl (C=O) groups excluding carboxylic acids is 3. The Morgan fingerprint density at radius 2 is 1.89 bits per heavy atom. The predicted molar refractivity (Wildman–Crippen MR) is 67.0 cm³/mol. The van der Waals surface area contributed by atoms with Crippen LogP contribution in [0.15, 0.2) is 0 Å². The molecule has 0 aromatic rings. The van der Waals surface area contributed by atoms with Crippen molar-refractivity contribution < 1.29 is 23.6 Å². The van der Waals surface area contributed by atoms with Crippen LogP contribution in [0.3, 0.4) is 0 Å². The summed E-state index contributed by atoms with van der Waals surface area (Å²) >= 11 is 0. The van der Waals surface area contributed by atoms with Crippen LogP contribution < -0.4 is 0 Å². The molecule has 19 heavy (non-hydrogen) atoms. The number of fused-ring (bicyclic) bond motifs is 5. The van der Waals surface area contributed by atoms with Gasteiger partial charge in [-0.25, -0.2) is 0 Å². The van der Waals surface area contributed by atoms with Gasteiger partial charge in [0, 0.05) is 8.03 Å². The Morgan fingerprint density at radius 1 is 1.32 bits per heavy atom. The highest BCUT2D eigenvalue weighted by Gasteiger charge is 2.67. The van der Waals surface area contributed by atoms with Gasteiger partial charge in [0.05, 0.1) is 17.8 Å². The molecule has 1 heterocycles. The summed E-state index contributed by atoms with van der Waals surface area (Å²) in [6.45, 7) is 3.60. The lowest BCUT2D eigenvalue weighted by atomic mass is 9.70. The third kappa shape index (κ3) is 1.76. The van der Waals surface area contributed by atoms with Crippen molar-refractivity contribution in [2.45, 2.75) is 13.3 Å². The summed E-state index contributed by atoms with van der Waals surface area (Å²) in [5.41, 5.74) is 0.